The first-order valence-corrected chi connectivity index (χ1v) is 9.32. The van der Waals surface area contributed by atoms with Gasteiger partial charge in [-0.05, 0) is 58.6 Å². The van der Waals surface area contributed by atoms with Crippen LogP contribution < -0.4 is 0 Å². The fourth-order valence-electron chi connectivity index (χ4n) is 3.72. The van der Waals surface area contributed by atoms with Gasteiger partial charge in [0.25, 0.3) is 5.91 Å². The van der Waals surface area contributed by atoms with E-state index < -0.39 is 0 Å². The van der Waals surface area contributed by atoms with E-state index in [4.69, 9.17) is 5.10 Å². The van der Waals surface area contributed by atoms with E-state index in [-0.39, 0.29) is 17.5 Å². The first-order valence-electron chi connectivity index (χ1n) is 9.32. The van der Waals surface area contributed by atoms with Gasteiger partial charge >= 0.3 is 0 Å². The Morgan fingerprint density at radius 1 is 1.24 bits per heavy atom. The predicted octanol–water partition coefficient (Wildman–Crippen LogP) is 3.19. The van der Waals surface area contributed by atoms with Gasteiger partial charge in [0.1, 0.15) is 0 Å². The topological polar surface area (TPSA) is 56.0 Å². The minimum absolute atomic E-state index is 0.0572. The second-order valence-corrected chi connectivity index (χ2v) is 8.34. The van der Waals surface area contributed by atoms with Crippen molar-refractivity contribution < 1.29 is 4.79 Å². The zero-order chi connectivity index (χ0) is 17.6. The Balaban J connectivity index is 1.56. The Morgan fingerprint density at radius 3 is 2.68 bits per heavy atom. The van der Waals surface area contributed by atoms with Crippen molar-refractivity contribution in [3.8, 4) is 0 Å². The molecule has 1 saturated carbocycles. The van der Waals surface area contributed by atoms with E-state index in [9.17, 15) is 4.79 Å². The summed E-state index contributed by atoms with van der Waals surface area (Å²) in [6.45, 7) is 7.96. The number of piperidine rings is 1. The molecule has 6 nitrogen and oxygen atoms in total. The number of carbonyl (C=O) groups is 1. The van der Waals surface area contributed by atoms with Crippen molar-refractivity contribution in [2.45, 2.75) is 64.0 Å². The summed E-state index contributed by atoms with van der Waals surface area (Å²) in [5.74, 6) is 0.633. The second-order valence-electron chi connectivity index (χ2n) is 8.34. The quantitative estimate of drug-likeness (QED) is 0.861. The van der Waals surface area contributed by atoms with E-state index >= 15 is 0 Å². The van der Waals surface area contributed by atoms with Crippen molar-refractivity contribution in [1.29, 1.82) is 0 Å². The Hall–Kier alpha value is -2.11. The van der Waals surface area contributed by atoms with Crippen LogP contribution in [-0.2, 0) is 5.54 Å². The summed E-state index contributed by atoms with van der Waals surface area (Å²) in [6.07, 6.45) is 8.27. The fourth-order valence-corrected chi connectivity index (χ4v) is 3.72. The lowest BCUT2D eigenvalue weighted by molar-refractivity contribution is 0.0665. The van der Waals surface area contributed by atoms with Gasteiger partial charge in [0.15, 0.2) is 5.69 Å². The zero-order valence-corrected chi connectivity index (χ0v) is 15.4. The standard InChI is InChI=1S/C19H27N5O/c1-19(2,3)24-17(14-7-8-14)12-16(21-24)18(25)22-10-4-6-15(13-22)23-11-5-9-20-23/h5,9,11-12,14-15H,4,6-8,10,13H2,1-3H3/t15-/m1/s1. The van der Waals surface area contributed by atoms with Crippen molar-refractivity contribution in [3.63, 3.8) is 0 Å². The van der Waals surface area contributed by atoms with E-state index in [0.29, 0.717) is 18.2 Å². The van der Waals surface area contributed by atoms with Crippen molar-refractivity contribution in [3.05, 3.63) is 35.9 Å². The molecule has 0 radical (unpaired) electrons. The molecule has 134 valence electrons. The molecule has 0 bridgehead atoms. The summed E-state index contributed by atoms with van der Waals surface area (Å²) < 4.78 is 4.04. The summed E-state index contributed by atoms with van der Waals surface area (Å²) in [5, 5.41) is 9.06. The minimum atomic E-state index is -0.101. The molecule has 1 aliphatic carbocycles. The lowest BCUT2D eigenvalue weighted by Gasteiger charge is -2.32. The van der Waals surface area contributed by atoms with Gasteiger partial charge in [0, 0.05) is 37.1 Å². The molecule has 0 spiro atoms. The van der Waals surface area contributed by atoms with Crippen LogP contribution in [0.1, 0.15) is 74.6 Å². The molecule has 25 heavy (non-hydrogen) atoms. The fraction of sp³-hybridized carbons (Fsp3) is 0.632. The molecular weight excluding hydrogens is 314 g/mol. The molecule has 1 saturated heterocycles. The first-order chi connectivity index (χ1) is 11.9. The van der Waals surface area contributed by atoms with Crippen LogP contribution in [0.25, 0.3) is 0 Å². The van der Waals surface area contributed by atoms with Crippen LogP contribution in [-0.4, -0.2) is 43.5 Å². The Labute approximate surface area is 148 Å². The Morgan fingerprint density at radius 2 is 2.04 bits per heavy atom. The number of nitrogens with zero attached hydrogens (tertiary/aromatic N) is 5. The number of hydrogen-bond donors (Lipinski definition) is 0. The number of carbonyl (C=O) groups excluding carboxylic acids is 1. The molecule has 2 fully saturated rings. The van der Waals surface area contributed by atoms with E-state index in [2.05, 4.69) is 30.6 Å². The average molecular weight is 341 g/mol. The molecule has 2 aromatic rings. The highest BCUT2D eigenvalue weighted by Gasteiger charge is 2.34. The maximum Gasteiger partial charge on any atom is 0.274 e. The highest BCUT2D eigenvalue weighted by molar-refractivity contribution is 5.92. The van der Waals surface area contributed by atoms with Crippen molar-refractivity contribution >= 4 is 5.91 Å². The van der Waals surface area contributed by atoms with Crippen LogP contribution in [0, 0.1) is 0 Å². The van der Waals surface area contributed by atoms with Crippen LogP contribution >= 0.6 is 0 Å². The van der Waals surface area contributed by atoms with Crippen LogP contribution in [0.15, 0.2) is 24.5 Å². The molecule has 2 aliphatic rings. The smallest absolute Gasteiger partial charge is 0.274 e. The van der Waals surface area contributed by atoms with E-state index in [1.54, 1.807) is 6.20 Å². The monoisotopic (exact) mass is 341 g/mol. The molecule has 1 amide bonds. The van der Waals surface area contributed by atoms with Gasteiger partial charge in [-0.1, -0.05) is 0 Å². The second kappa shape index (κ2) is 6.00. The van der Waals surface area contributed by atoms with Gasteiger partial charge in [-0.15, -0.1) is 0 Å². The number of likely N-dealkylation sites (tertiary alicyclic amines) is 1. The zero-order valence-electron chi connectivity index (χ0n) is 15.4. The van der Waals surface area contributed by atoms with Crippen molar-refractivity contribution in [1.82, 2.24) is 24.5 Å². The molecular formula is C19H27N5O. The normalized spacial score (nSPS) is 21.6. The molecule has 0 unspecified atom stereocenters. The maximum atomic E-state index is 13.1. The third-order valence-corrected chi connectivity index (χ3v) is 5.17. The number of hydrogen-bond acceptors (Lipinski definition) is 3. The van der Waals surface area contributed by atoms with E-state index in [1.165, 1.54) is 18.5 Å². The average Bonchev–Trinajstić information content (AvgIpc) is 3.12. The maximum absolute atomic E-state index is 13.1. The minimum Gasteiger partial charge on any atom is -0.335 e. The summed E-state index contributed by atoms with van der Waals surface area (Å²) in [7, 11) is 0. The predicted molar refractivity (Wildman–Crippen MR) is 95.6 cm³/mol. The SMILES string of the molecule is CC(C)(C)n1nc(C(=O)N2CCC[C@@H](n3cccn3)C2)cc1C1CC1. The van der Waals surface area contributed by atoms with E-state index in [1.807, 2.05) is 27.9 Å². The molecule has 1 aliphatic heterocycles. The van der Waals surface area contributed by atoms with Crippen LogP contribution in [0.3, 0.4) is 0 Å². The van der Waals surface area contributed by atoms with Crippen LogP contribution in [0.4, 0.5) is 0 Å². The highest BCUT2D eigenvalue weighted by Crippen LogP contribution is 2.42. The molecule has 0 aromatic carbocycles. The third-order valence-electron chi connectivity index (χ3n) is 5.17. The van der Waals surface area contributed by atoms with Gasteiger partial charge in [-0.3, -0.25) is 14.2 Å². The van der Waals surface area contributed by atoms with Crippen LogP contribution in [0.5, 0.6) is 0 Å². The van der Waals surface area contributed by atoms with Gasteiger partial charge in [0.05, 0.1) is 11.6 Å². The molecule has 2 aromatic heterocycles. The number of rotatable bonds is 3. The van der Waals surface area contributed by atoms with Gasteiger partial charge in [-0.2, -0.15) is 10.2 Å². The van der Waals surface area contributed by atoms with E-state index in [0.717, 1.165) is 19.4 Å². The number of aromatic nitrogens is 4. The number of amides is 1. The lowest BCUT2D eigenvalue weighted by Crippen LogP contribution is -2.41. The first kappa shape index (κ1) is 16.4. The molecule has 6 heteroatoms. The Kier molecular flexibility index (Phi) is 3.93. The molecule has 3 heterocycles. The summed E-state index contributed by atoms with van der Waals surface area (Å²) >= 11 is 0. The molecule has 4 rings (SSSR count). The van der Waals surface area contributed by atoms with Crippen LogP contribution in [0.2, 0.25) is 0 Å². The van der Waals surface area contributed by atoms with Crippen molar-refractivity contribution in [2.75, 3.05) is 13.1 Å². The summed E-state index contributed by atoms with van der Waals surface area (Å²) in [5.41, 5.74) is 1.71. The van der Waals surface area contributed by atoms with Gasteiger partial charge < -0.3 is 4.90 Å². The third kappa shape index (κ3) is 3.22. The van der Waals surface area contributed by atoms with Gasteiger partial charge in [-0.25, -0.2) is 0 Å². The molecule has 0 N–H and O–H groups in total. The van der Waals surface area contributed by atoms with Gasteiger partial charge in [0.2, 0.25) is 0 Å². The van der Waals surface area contributed by atoms with Crippen molar-refractivity contribution in [2.24, 2.45) is 0 Å². The molecule has 1 atom stereocenters. The summed E-state index contributed by atoms with van der Waals surface area (Å²) in [6, 6.07) is 4.23. The lowest BCUT2D eigenvalue weighted by atomic mass is 10.1. The Bertz CT molecular complexity index is 751. The highest BCUT2D eigenvalue weighted by atomic mass is 16.2. The summed E-state index contributed by atoms with van der Waals surface area (Å²) in [4.78, 5) is 15.0. The largest absolute Gasteiger partial charge is 0.335 e.